The fraction of sp³-hybridized carbons (Fsp3) is 0.200. The van der Waals surface area contributed by atoms with E-state index in [9.17, 15) is 4.39 Å². The van der Waals surface area contributed by atoms with Crippen molar-refractivity contribution >= 4 is 11.6 Å². The van der Waals surface area contributed by atoms with Gasteiger partial charge in [0.25, 0.3) is 0 Å². The highest BCUT2D eigenvalue weighted by atomic mass is 35.5. The molecular weight excluding hydrogens is 353 g/mol. The minimum absolute atomic E-state index is 0.285. The van der Waals surface area contributed by atoms with Crippen molar-refractivity contribution in [1.82, 2.24) is 9.78 Å². The monoisotopic (exact) mass is 369 g/mol. The molecule has 0 atom stereocenters. The largest absolute Gasteiger partial charge is 0.488 e. The Hall–Kier alpha value is -2.84. The van der Waals surface area contributed by atoms with Crippen molar-refractivity contribution in [2.75, 3.05) is 0 Å². The Kier molecular flexibility index (Phi) is 4.97. The zero-order chi connectivity index (χ0) is 18.8. The molecule has 0 saturated heterocycles. The second-order valence-electron chi connectivity index (χ2n) is 6.04. The van der Waals surface area contributed by atoms with Crippen molar-refractivity contribution < 1.29 is 9.13 Å². The molecule has 0 amide bonds. The van der Waals surface area contributed by atoms with Gasteiger partial charge >= 0.3 is 0 Å². The second-order valence-corrected chi connectivity index (χ2v) is 6.44. The van der Waals surface area contributed by atoms with Crippen LogP contribution in [0, 0.1) is 37.9 Å². The Bertz CT molecular complexity index is 1020. The third-order valence-corrected chi connectivity index (χ3v) is 4.58. The molecule has 0 spiro atoms. The fourth-order valence-electron chi connectivity index (χ4n) is 2.79. The lowest BCUT2D eigenvalue weighted by Crippen LogP contribution is -2.02. The van der Waals surface area contributed by atoms with Crippen LogP contribution >= 0.6 is 11.6 Å². The molecule has 0 aliphatic rings. The molecule has 0 aliphatic heterocycles. The van der Waals surface area contributed by atoms with Gasteiger partial charge in [0.05, 0.1) is 22.0 Å². The van der Waals surface area contributed by atoms with E-state index in [1.54, 1.807) is 35.9 Å². The summed E-state index contributed by atoms with van der Waals surface area (Å²) in [5, 5.41) is 14.0. The Morgan fingerprint density at radius 2 is 1.96 bits per heavy atom. The predicted molar refractivity (Wildman–Crippen MR) is 98.2 cm³/mol. The summed E-state index contributed by atoms with van der Waals surface area (Å²) in [5.74, 6) is 0.354. The highest BCUT2D eigenvalue weighted by molar-refractivity contribution is 6.31. The van der Waals surface area contributed by atoms with E-state index in [0.717, 1.165) is 28.2 Å². The van der Waals surface area contributed by atoms with E-state index >= 15 is 0 Å². The second kappa shape index (κ2) is 7.19. The van der Waals surface area contributed by atoms with Crippen LogP contribution in [0.3, 0.4) is 0 Å². The first-order chi connectivity index (χ1) is 12.4. The molecule has 2 aromatic carbocycles. The number of rotatable bonds is 4. The summed E-state index contributed by atoms with van der Waals surface area (Å²) in [4.78, 5) is 0. The normalized spacial score (nSPS) is 10.6. The highest BCUT2D eigenvalue weighted by Gasteiger charge is 2.15. The number of aromatic nitrogens is 2. The molecular formula is C20H17ClFN3O. The molecule has 0 unspecified atom stereocenters. The topological polar surface area (TPSA) is 50.8 Å². The van der Waals surface area contributed by atoms with Crippen LogP contribution in [0.5, 0.6) is 5.75 Å². The Morgan fingerprint density at radius 3 is 2.62 bits per heavy atom. The number of hydrogen-bond acceptors (Lipinski definition) is 3. The van der Waals surface area contributed by atoms with E-state index in [0.29, 0.717) is 22.9 Å². The number of aryl methyl sites for hydroxylation is 2. The van der Waals surface area contributed by atoms with E-state index < -0.39 is 0 Å². The smallest absolute Gasteiger partial charge is 0.123 e. The fourth-order valence-corrected chi connectivity index (χ4v) is 3.00. The van der Waals surface area contributed by atoms with E-state index in [-0.39, 0.29) is 5.82 Å². The lowest BCUT2D eigenvalue weighted by molar-refractivity contribution is 0.302. The molecule has 1 heterocycles. The third-order valence-electron chi connectivity index (χ3n) is 4.27. The Balaban J connectivity index is 1.88. The van der Waals surface area contributed by atoms with E-state index in [2.05, 4.69) is 5.10 Å². The molecule has 6 heteroatoms. The molecule has 0 saturated carbocycles. The van der Waals surface area contributed by atoms with Gasteiger partial charge in [0.1, 0.15) is 24.2 Å². The van der Waals surface area contributed by atoms with Gasteiger partial charge in [0.2, 0.25) is 0 Å². The number of hydrogen-bond donors (Lipinski definition) is 0. The molecule has 0 radical (unpaired) electrons. The number of benzene rings is 2. The van der Waals surface area contributed by atoms with Crippen LogP contribution in [0.25, 0.3) is 5.69 Å². The van der Waals surface area contributed by atoms with Gasteiger partial charge in [-0.3, -0.25) is 0 Å². The molecule has 0 aliphatic carbocycles. The molecule has 3 aromatic rings. The van der Waals surface area contributed by atoms with Crippen LogP contribution in [0.2, 0.25) is 5.02 Å². The molecule has 3 rings (SSSR count). The van der Waals surface area contributed by atoms with Crippen LogP contribution in [0.4, 0.5) is 4.39 Å². The molecule has 0 N–H and O–H groups in total. The predicted octanol–water partition coefficient (Wildman–Crippen LogP) is 5.04. The summed E-state index contributed by atoms with van der Waals surface area (Å²) in [6.07, 6.45) is 0. The van der Waals surface area contributed by atoms with Crippen molar-refractivity contribution in [2.45, 2.75) is 27.4 Å². The number of nitriles is 1. The number of halogens is 2. The first-order valence-electron chi connectivity index (χ1n) is 8.04. The third kappa shape index (κ3) is 3.42. The lowest BCUT2D eigenvalue weighted by Gasteiger charge is -2.10. The van der Waals surface area contributed by atoms with Gasteiger partial charge in [-0.05, 0) is 62.7 Å². The quantitative estimate of drug-likeness (QED) is 0.647. The number of ether oxygens (including phenoxy) is 1. The van der Waals surface area contributed by atoms with Crippen molar-refractivity contribution in [2.24, 2.45) is 0 Å². The summed E-state index contributed by atoms with van der Waals surface area (Å²) in [6, 6.07) is 11.7. The van der Waals surface area contributed by atoms with Gasteiger partial charge in [-0.25, -0.2) is 9.07 Å². The average molecular weight is 370 g/mol. The summed E-state index contributed by atoms with van der Waals surface area (Å²) in [6.45, 7) is 5.99. The van der Waals surface area contributed by atoms with Gasteiger partial charge < -0.3 is 4.74 Å². The van der Waals surface area contributed by atoms with Crippen LogP contribution in [-0.4, -0.2) is 9.78 Å². The molecule has 0 bridgehead atoms. The maximum Gasteiger partial charge on any atom is 0.123 e. The van der Waals surface area contributed by atoms with Crippen molar-refractivity contribution in [1.29, 1.82) is 5.26 Å². The van der Waals surface area contributed by atoms with Gasteiger partial charge in [0.15, 0.2) is 0 Å². The van der Waals surface area contributed by atoms with Crippen LogP contribution in [0.1, 0.15) is 28.1 Å². The summed E-state index contributed by atoms with van der Waals surface area (Å²) in [5.41, 5.74) is 4.65. The highest BCUT2D eigenvalue weighted by Crippen LogP contribution is 2.25. The Morgan fingerprint density at radius 1 is 1.19 bits per heavy atom. The maximum atomic E-state index is 13.2. The summed E-state index contributed by atoms with van der Waals surface area (Å²) in [7, 11) is 0. The first kappa shape index (κ1) is 18.0. The zero-order valence-electron chi connectivity index (χ0n) is 14.7. The number of nitrogens with zero attached hydrogens (tertiary/aromatic N) is 3. The maximum absolute atomic E-state index is 13.2. The first-order valence-corrected chi connectivity index (χ1v) is 8.42. The summed E-state index contributed by atoms with van der Waals surface area (Å²) >= 11 is 6.13. The van der Waals surface area contributed by atoms with E-state index in [1.165, 1.54) is 12.1 Å². The minimum Gasteiger partial charge on any atom is -0.488 e. The molecule has 4 nitrogen and oxygen atoms in total. The standard InChI is InChI=1S/C20H17ClFN3O/c1-12-8-16(22)5-7-20(12)26-11-18-13(2)24-25(14(18)3)17-6-4-15(10-23)19(21)9-17/h4-9H,11H2,1-3H3. The van der Waals surface area contributed by atoms with Gasteiger partial charge in [-0.15, -0.1) is 0 Å². The zero-order valence-corrected chi connectivity index (χ0v) is 15.4. The van der Waals surface area contributed by atoms with Crippen molar-refractivity contribution in [3.8, 4) is 17.5 Å². The van der Waals surface area contributed by atoms with Crippen molar-refractivity contribution in [3.05, 3.63) is 75.3 Å². The van der Waals surface area contributed by atoms with Crippen molar-refractivity contribution in [3.63, 3.8) is 0 Å². The van der Waals surface area contributed by atoms with Gasteiger partial charge in [0, 0.05) is 11.3 Å². The molecule has 26 heavy (non-hydrogen) atoms. The average Bonchev–Trinajstić information content (AvgIpc) is 2.88. The van der Waals surface area contributed by atoms with Crippen LogP contribution in [-0.2, 0) is 6.61 Å². The molecule has 0 fully saturated rings. The van der Waals surface area contributed by atoms with E-state index in [1.807, 2.05) is 19.9 Å². The van der Waals surface area contributed by atoms with E-state index in [4.69, 9.17) is 21.6 Å². The molecule has 1 aromatic heterocycles. The Labute approximate surface area is 156 Å². The molecule has 132 valence electrons. The van der Waals surface area contributed by atoms with Gasteiger partial charge in [-0.2, -0.15) is 10.4 Å². The van der Waals surface area contributed by atoms with Crippen LogP contribution in [0.15, 0.2) is 36.4 Å². The van der Waals surface area contributed by atoms with Crippen LogP contribution < -0.4 is 4.74 Å². The lowest BCUT2D eigenvalue weighted by atomic mass is 10.2. The minimum atomic E-state index is -0.285. The van der Waals surface area contributed by atoms with Gasteiger partial charge in [-0.1, -0.05) is 11.6 Å². The summed E-state index contributed by atoms with van der Waals surface area (Å²) < 4.78 is 20.9. The SMILES string of the molecule is Cc1cc(F)ccc1OCc1c(C)nn(-c2ccc(C#N)c(Cl)c2)c1C.